The van der Waals surface area contributed by atoms with E-state index in [1.807, 2.05) is 6.92 Å². The van der Waals surface area contributed by atoms with Gasteiger partial charge in [-0.3, -0.25) is 4.79 Å². The lowest BCUT2D eigenvalue weighted by Gasteiger charge is -2.08. The van der Waals surface area contributed by atoms with Gasteiger partial charge < -0.3 is 10.5 Å². The number of rotatable bonds is 4. The smallest absolute Gasteiger partial charge is 0.168 e. The fraction of sp³-hybridized carbons (Fsp3) is 0.188. The third-order valence-electron chi connectivity index (χ3n) is 3.22. The Morgan fingerprint density at radius 1 is 1.30 bits per heavy atom. The lowest BCUT2D eigenvalue weighted by Crippen LogP contribution is -2.07. The summed E-state index contributed by atoms with van der Waals surface area (Å²) >= 11 is 0. The summed E-state index contributed by atoms with van der Waals surface area (Å²) < 4.78 is 18.9. The number of aryl methyl sites for hydroxylation is 1. The van der Waals surface area contributed by atoms with E-state index in [-0.39, 0.29) is 18.0 Å². The summed E-state index contributed by atoms with van der Waals surface area (Å²) in [7, 11) is 1.39. The number of hydrogen-bond donors (Lipinski definition) is 1. The highest BCUT2D eigenvalue weighted by atomic mass is 19.1. The second kappa shape index (κ2) is 5.74. The van der Waals surface area contributed by atoms with Crippen LogP contribution in [0.4, 0.5) is 10.1 Å². The van der Waals surface area contributed by atoms with Crippen molar-refractivity contribution in [2.24, 2.45) is 0 Å². The molecule has 0 aliphatic heterocycles. The molecule has 104 valence electrons. The zero-order valence-electron chi connectivity index (χ0n) is 11.4. The van der Waals surface area contributed by atoms with Crippen LogP contribution in [-0.2, 0) is 6.42 Å². The van der Waals surface area contributed by atoms with Crippen LogP contribution in [0.25, 0.3) is 0 Å². The maximum atomic E-state index is 14.0. The van der Waals surface area contributed by atoms with Gasteiger partial charge >= 0.3 is 0 Å². The van der Waals surface area contributed by atoms with Gasteiger partial charge in [-0.1, -0.05) is 24.3 Å². The number of nitrogens with two attached hydrogens (primary N) is 1. The summed E-state index contributed by atoms with van der Waals surface area (Å²) in [4.78, 5) is 12.2. The summed E-state index contributed by atoms with van der Waals surface area (Å²) in [6.07, 6.45) is -0.0223. The van der Waals surface area contributed by atoms with Crippen molar-refractivity contribution in [2.75, 3.05) is 12.8 Å². The van der Waals surface area contributed by atoms with Crippen molar-refractivity contribution in [3.8, 4) is 5.75 Å². The first-order valence-electron chi connectivity index (χ1n) is 6.23. The fourth-order valence-electron chi connectivity index (χ4n) is 1.94. The molecule has 0 saturated carbocycles. The van der Waals surface area contributed by atoms with Crippen molar-refractivity contribution in [1.29, 1.82) is 0 Å². The highest BCUT2D eigenvalue weighted by Gasteiger charge is 2.14. The van der Waals surface area contributed by atoms with Crippen LogP contribution in [0, 0.1) is 12.7 Å². The Morgan fingerprint density at radius 3 is 2.70 bits per heavy atom. The lowest BCUT2D eigenvalue weighted by molar-refractivity contribution is 0.0991. The number of nitrogen functional groups attached to an aromatic ring is 1. The van der Waals surface area contributed by atoms with E-state index in [2.05, 4.69) is 0 Å². The molecular formula is C16H16FNO2. The molecule has 0 fully saturated rings. The Morgan fingerprint density at radius 2 is 2.05 bits per heavy atom. The van der Waals surface area contributed by atoms with Gasteiger partial charge in [0.1, 0.15) is 0 Å². The molecule has 0 atom stereocenters. The van der Waals surface area contributed by atoms with E-state index in [0.29, 0.717) is 16.8 Å². The SMILES string of the molecule is COc1cccc(CC(=O)c2ccc(C)c(N)c2)c1F. The van der Waals surface area contributed by atoms with Crippen molar-refractivity contribution < 1.29 is 13.9 Å². The molecule has 2 aromatic rings. The van der Waals surface area contributed by atoms with Crippen LogP contribution in [-0.4, -0.2) is 12.9 Å². The predicted molar refractivity (Wildman–Crippen MR) is 76.6 cm³/mol. The standard InChI is InChI=1S/C16H16FNO2/c1-10-6-7-11(8-13(10)18)14(19)9-12-4-3-5-15(20-2)16(12)17/h3-8H,9,18H2,1-2H3. The number of hydrogen-bond acceptors (Lipinski definition) is 3. The summed E-state index contributed by atoms with van der Waals surface area (Å²) in [6.45, 7) is 1.87. The normalized spacial score (nSPS) is 10.3. The summed E-state index contributed by atoms with van der Waals surface area (Å²) in [5, 5.41) is 0. The first-order valence-corrected chi connectivity index (χ1v) is 6.23. The number of Topliss-reactive ketones (excluding diaryl/α,β-unsaturated/α-hetero) is 1. The highest BCUT2D eigenvalue weighted by molar-refractivity contribution is 5.98. The van der Waals surface area contributed by atoms with Crippen LogP contribution in [0.2, 0.25) is 0 Å². The van der Waals surface area contributed by atoms with Gasteiger partial charge in [-0.05, 0) is 30.2 Å². The average molecular weight is 273 g/mol. The molecule has 0 aliphatic rings. The van der Waals surface area contributed by atoms with Gasteiger partial charge in [0.05, 0.1) is 7.11 Å². The Labute approximate surface area is 117 Å². The van der Waals surface area contributed by atoms with Crippen molar-refractivity contribution >= 4 is 11.5 Å². The highest BCUT2D eigenvalue weighted by Crippen LogP contribution is 2.22. The van der Waals surface area contributed by atoms with Crippen molar-refractivity contribution in [3.05, 3.63) is 58.9 Å². The number of ether oxygens (including phenoxy) is 1. The molecule has 4 heteroatoms. The van der Waals surface area contributed by atoms with E-state index < -0.39 is 5.82 Å². The van der Waals surface area contributed by atoms with E-state index in [0.717, 1.165) is 5.56 Å². The lowest BCUT2D eigenvalue weighted by atomic mass is 10.0. The summed E-state index contributed by atoms with van der Waals surface area (Å²) in [6, 6.07) is 9.86. The van der Waals surface area contributed by atoms with Crippen molar-refractivity contribution in [3.63, 3.8) is 0 Å². The first-order chi connectivity index (χ1) is 9.52. The van der Waals surface area contributed by atoms with Crippen LogP contribution < -0.4 is 10.5 Å². The maximum absolute atomic E-state index is 14.0. The third kappa shape index (κ3) is 2.79. The number of carbonyl (C=O) groups is 1. The van der Waals surface area contributed by atoms with E-state index in [9.17, 15) is 9.18 Å². The van der Waals surface area contributed by atoms with Crippen LogP contribution in [0.15, 0.2) is 36.4 Å². The Bertz CT molecular complexity index is 653. The van der Waals surface area contributed by atoms with Crippen LogP contribution in [0.5, 0.6) is 5.75 Å². The number of ketones is 1. The Balaban J connectivity index is 2.25. The molecular weight excluding hydrogens is 257 g/mol. The van der Waals surface area contributed by atoms with E-state index >= 15 is 0 Å². The molecule has 0 saturated heterocycles. The molecule has 0 spiro atoms. The molecule has 2 aromatic carbocycles. The topological polar surface area (TPSA) is 52.3 Å². The molecule has 2 N–H and O–H groups in total. The van der Waals surface area contributed by atoms with Crippen molar-refractivity contribution in [2.45, 2.75) is 13.3 Å². The molecule has 0 amide bonds. The summed E-state index contributed by atoms with van der Waals surface area (Å²) in [5.41, 5.74) is 8.04. The minimum Gasteiger partial charge on any atom is -0.494 e. The molecule has 0 unspecified atom stereocenters. The maximum Gasteiger partial charge on any atom is 0.168 e. The van der Waals surface area contributed by atoms with Crippen molar-refractivity contribution in [1.82, 2.24) is 0 Å². The molecule has 0 aromatic heterocycles. The number of halogens is 1. The van der Waals surface area contributed by atoms with E-state index in [1.165, 1.54) is 13.2 Å². The zero-order chi connectivity index (χ0) is 14.7. The minimum absolute atomic E-state index is 0.0223. The molecule has 2 rings (SSSR count). The van der Waals surface area contributed by atoms with Crippen LogP contribution in [0.1, 0.15) is 21.5 Å². The predicted octanol–water partition coefficient (Wildman–Crippen LogP) is 3.15. The van der Waals surface area contributed by atoms with Gasteiger partial charge in [-0.15, -0.1) is 0 Å². The Kier molecular flexibility index (Phi) is 4.03. The minimum atomic E-state index is -0.497. The van der Waals surface area contributed by atoms with Gasteiger partial charge in [0, 0.05) is 17.7 Å². The number of carbonyl (C=O) groups excluding carboxylic acids is 1. The zero-order valence-corrected chi connectivity index (χ0v) is 11.4. The second-order valence-electron chi connectivity index (χ2n) is 4.60. The largest absolute Gasteiger partial charge is 0.494 e. The third-order valence-corrected chi connectivity index (χ3v) is 3.22. The number of methoxy groups -OCH3 is 1. The van der Waals surface area contributed by atoms with Gasteiger partial charge in [0.25, 0.3) is 0 Å². The first kappa shape index (κ1) is 14.1. The van der Waals surface area contributed by atoms with Gasteiger partial charge in [0.2, 0.25) is 0 Å². The monoisotopic (exact) mass is 273 g/mol. The van der Waals surface area contributed by atoms with E-state index in [4.69, 9.17) is 10.5 Å². The second-order valence-corrected chi connectivity index (χ2v) is 4.60. The van der Waals surface area contributed by atoms with Gasteiger partial charge in [-0.25, -0.2) is 4.39 Å². The molecule has 20 heavy (non-hydrogen) atoms. The number of anilines is 1. The molecule has 0 bridgehead atoms. The van der Waals surface area contributed by atoms with Crippen LogP contribution >= 0.6 is 0 Å². The number of benzene rings is 2. The van der Waals surface area contributed by atoms with Gasteiger partial charge in [-0.2, -0.15) is 0 Å². The average Bonchev–Trinajstić information content (AvgIpc) is 2.44. The fourth-order valence-corrected chi connectivity index (χ4v) is 1.94. The molecule has 0 radical (unpaired) electrons. The van der Waals surface area contributed by atoms with Gasteiger partial charge in [0.15, 0.2) is 17.3 Å². The molecule has 0 aliphatic carbocycles. The quantitative estimate of drug-likeness (QED) is 0.687. The van der Waals surface area contributed by atoms with Crippen LogP contribution in [0.3, 0.4) is 0 Å². The molecule has 3 nitrogen and oxygen atoms in total. The summed E-state index contributed by atoms with van der Waals surface area (Å²) in [5.74, 6) is -0.536. The van der Waals surface area contributed by atoms with E-state index in [1.54, 1.807) is 30.3 Å². The molecule has 0 heterocycles. The Hall–Kier alpha value is -2.36.